The van der Waals surface area contributed by atoms with Gasteiger partial charge in [-0.1, -0.05) is 42.5 Å². The quantitative estimate of drug-likeness (QED) is 0.703. The summed E-state index contributed by atoms with van der Waals surface area (Å²) in [5.74, 6) is -0.292. The zero-order chi connectivity index (χ0) is 13.2. The summed E-state index contributed by atoms with van der Waals surface area (Å²) in [4.78, 5) is 15.3. The highest BCUT2D eigenvalue weighted by molar-refractivity contribution is 6.10. The third-order valence-electron chi connectivity index (χ3n) is 3.22. The van der Waals surface area contributed by atoms with Crippen molar-refractivity contribution in [3.05, 3.63) is 72.1 Å². The van der Waals surface area contributed by atoms with Crippen LogP contribution in [0.1, 0.15) is 22.2 Å². The third kappa shape index (κ3) is 2.04. The molecule has 2 N–H and O–H groups in total. The third-order valence-corrected chi connectivity index (χ3v) is 3.22. The van der Waals surface area contributed by atoms with E-state index in [1.165, 1.54) is 0 Å². The maximum atomic E-state index is 12.4. The number of aromatic amines is 1. The summed E-state index contributed by atoms with van der Waals surface area (Å²) in [5.41, 5.74) is 1.05. The molecule has 1 unspecified atom stereocenters. The second-order valence-electron chi connectivity index (χ2n) is 4.42. The first-order valence-electron chi connectivity index (χ1n) is 6.11. The molecule has 2 aromatic carbocycles. The number of carbonyl (C=O) groups excluding carboxylic acids is 1. The summed E-state index contributed by atoms with van der Waals surface area (Å²) in [7, 11) is 0. The van der Waals surface area contributed by atoms with Crippen LogP contribution < -0.4 is 0 Å². The molecule has 94 valence electrons. The molecule has 0 bridgehead atoms. The summed E-state index contributed by atoms with van der Waals surface area (Å²) in [6, 6.07) is 16.7. The Balaban J connectivity index is 2.07. The number of ketones is 1. The van der Waals surface area contributed by atoms with Gasteiger partial charge in [-0.3, -0.25) is 4.79 Å². The summed E-state index contributed by atoms with van der Waals surface area (Å²) in [5, 5.41) is 12.0. The van der Waals surface area contributed by atoms with Crippen molar-refractivity contribution in [2.45, 2.75) is 6.10 Å². The molecule has 0 radical (unpaired) electrons. The van der Waals surface area contributed by atoms with Crippen molar-refractivity contribution in [1.82, 2.24) is 4.98 Å². The number of aliphatic hydroxyl groups is 1. The number of hydrogen-bond acceptors (Lipinski definition) is 2. The maximum Gasteiger partial charge on any atom is 0.197 e. The zero-order valence-corrected chi connectivity index (χ0v) is 10.2. The minimum atomic E-state index is -1.15. The van der Waals surface area contributed by atoms with Crippen LogP contribution in [0.4, 0.5) is 0 Å². The van der Waals surface area contributed by atoms with Gasteiger partial charge in [0.05, 0.1) is 5.69 Å². The van der Waals surface area contributed by atoms with E-state index >= 15 is 0 Å². The van der Waals surface area contributed by atoms with E-state index in [0.29, 0.717) is 11.3 Å². The highest BCUT2D eigenvalue weighted by Gasteiger charge is 2.21. The maximum absolute atomic E-state index is 12.4. The van der Waals surface area contributed by atoms with Crippen LogP contribution in [0.5, 0.6) is 0 Å². The molecule has 1 heterocycles. The van der Waals surface area contributed by atoms with Crippen molar-refractivity contribution in [2.24, 2.45) is 0 Å². The van der Waals surface area contributed by atoms with Crippen LogP contribution in [0.25, 0.3) is 10.8 Å². The first kappa shape index (κ1) is 11.7. The standard InChI is InChI=1S/C16H13NO2/c18-15(16(19)14-9-4-10-17-14)13-8-3-6-11-5-1-2-7-12(11)13/h1-10,16-17,19H. The van der Waals surface area contributed by atoms with Crippen molar-refractivity contribution in [1.29, 1.82) is 0 Å². The lowest BCUT2D eigenvalue weighted by Gasteiger charge is -2.10. The molecule has 0 amide bonds. The molecular formula is C16H13NO2. The molecule has 0 aliphatic carbocycles. The number of nitrogens with one attached hydrogen (secondary N) is 1. The molecule has 3 rings (SSSR count). The molecule has 3 nitrogen and oxygen atoms in total. The minimum absolute atomic E-state index is 0.292. The second-order valence-corrected chi connectivity index (χ2v) is 4.42. The Morgan fingerprint density at radius 1 is 1.00 bits per heavy atom. The smallest absolute Gasteiger partial charge is 0.197 e. The van der Waals surface area contributed by atoms with Gasteiger partial charge in [0.25, 0.3) is 0 Å². The van der Waals surface area contributed by atoms with Gasteiger partial charge in [-0.05, 0) is 22.9 Å². The molecule has 0 fully saturated rings. The van der Waals surface area contributed by atoms with Crippen LogP contribution in [-0.2, 0) is 0 Å². The summed E-state index contributed by atoms with van der Waals surface area (Å²) in [6.07, 6.45) is 0.537. The van der Waals surface area contributed by atoms with Crippen LogP contribution in [0.15, 0.2) is 60.8 Å². The fourth-order valence-electron chi connectivity index (χ4n) is 2.24. The molecule has 0 aliphatic heterocycles. The Hall–Kier alpha value is -2.39. The number of carbonyl (C=O) groups is 1. The number of benzene rings is 2. The average Bonchev–Trinajstić information content (AvgIpc) is 2.99. The van der Waals surface area contributed by atoms with E-state index in [4.69, 9.17) is 0 Å². The van der Waals surface area contributed by atoms with E-state index in [1.54, 1.807) is 24.4 Å². The molecule has 3 heteroatoms. The Kier molecular flexibility index (Phi) is 2.89. The Morgan fingerprint density at radius 2 is 1.79 bits per heavy atom. The number of rotatable bonds is 3. The Bertz CT molecular complexity index is 711. The van der Waals surface area contributed by atoms with Crippen molar-refractivity contribution < 1.29 is 9.90 Å². The second kappa shape index (κ2) is 4.71. The number of hydrogen-bond donors (Lipinski definition) is 2. The molecule has 0 saturated heterocycles. The van der Waals surface area contributed by atoms with Crippen molar-refractivity contribution >= 4 is 16.6 Å². The van der Waals surface area contributed by atoms with E-state index in [1.807, 2.05) is 36.4 Å². The van der Waals surface area contributed by atoms with Crippen molar-refractivity contribution in [3.8, 4) is 0 Å². The largest absolute Gasteiger partial charge is 0.379 e. The molecule has 0 aliphatic rings. The molecule has 0 saturated carbocycles. The Labute approximate surface area is 110 Å². The van der Waals surface area contributed by atoms with Gasteiger partial charge < -0.3 is 10.1 Å². The first-order valence-corrected chi connectivity index (χ1v) is 6.11. The SMILES string of the molecule is O=C(c1cccc2ccccc12)C(O)c1ccc[nH]1. The van der Waals surface area contributed by atoms with E-state index in [9.17, 15) is 9.90 Å². The monoisotopic (exact) mass is 251 g/mol. The van der Waals surface area contributed by atoms with Crippen molar-refractivity contribution in [2.75, 3.05) is 0 Å². The van der Waals surface area contributed by atoms with Gasteiger partial charge in [-0.2, -0.15) is 0 Å². The molecule has 19 heavy (non-hydrogen) atoms. The van der Waals surface area contributed by atoms with E-state index < -0.39 is 6.10 Å². The van der Waals surface area contributed by atoms with E-state index in [2.05, 4.69) is 4.98 Å². The molecule has 1 atom stereocenters. The lowest BCUT2D eigenvalue weighted by atomic mass is 9.97. The van der Waals surface area contributed by atoms with Crippen LogP contribution in [0.2, 0.25) is 0 Å². The normalized spacial score (nSPS) is 12.5. The number of H-pyrrole nitrogens is 1. The van der Waals surface area contributed by atoms with E-state index in [-0.39, 0.29) is 5.78 Å². The fraction of sp³-hybridized carbons (Fsp3) is 0.0625. The first-order chi connectivity index (χ1) is 9.27. The summed E-state index contributed by atoms with van der Waals surface area (Å²) >= 11 is 0. The molecule has 0 spiro atoms. The predicted molar refractivity (Wildman–Crippen MR) is 74.0 cm³/mol. The highest BCUT2D eigenvalue weighted by Crippen LogP contribution is 2.23. The number of aromatic nitrogens is 1. The zero-order valence-electron chi connectivity index (χ0n) is 10.2. The number of Topliss-reactive ketones (excluding diaryl/α,β-unsaturated/α-hetero) is 1. The van der Waals surface area contributed by atoms with Crippen molar-refractivity contribution in [3.63, 3.8) is 0 Å². The highest BCUT2D eigenvalue weighted by atomic mass is 16.3. The lowest BCUT2D eigenvalue weighted by Crippen LogP contribution is -2.13. The molecular weight excluding hydrogens is 238 g/mol. The van der Waals surface area contributed by atoms with Crippen LogP contribution in [0, 0.1) is 0 Å². The van der Waals surface area contributed by atoms with Crippen LogP contribution in [0.3, 0.4) is 0 Å². The Morgan fingerprint density at radius 3 is 2.58 bits per heavy atom. The lowest BCUT2D eigenvalue weighted by molar-refractivity contribution is 0.0742. The summed E-state index contributed by atoms with van der Waals surface area (Å²) in [6.45, 7) is 0. The predicted octanol–water partition coefficient (Wildman–Crippen LogP) is 3.08. The minimum Gasteiger partial charge on any atom is -0.379 e. The fourth-order valence-corrected chi connectivity index (χ4v) is 2.24. The van der Waals surface area contributed by atoms with Crippen LogP contribution >= 0.6 is 0 Å². The van der Waals surface area contributed by atoms with Gasteiger partial charge in [-0.25, -0.2) is 0 Å². The molecule has 3 aromatic rings. The van der Waals surface area contributed by atoms with Gasteiger partial charge >= 0.3 is 0 Å². The van der Waals surface area contributed by atoms with Gasteiger partial charge in [0.1, 0.15) is 0 Å². The van der Waals surface area contributed by atoms with Gasteiger partial charge in [-0.15, -0.1) is 0 Å². The van der Waals surface area contributed by atoms with Gasteiger partial charge in [0.15, 0.2) is 11.9 Å². The average molecular weight is 251 g/mol. The summed E-state index contributed by atoms with van der Waals surface area (Å²) < 4.78 is 0. The van der Waals surface area contributed by atoms with Crippen LogP contribution in [-0.4, -0.2) is 15.9 Å². The molecule has 1 aromatic heterocycles. The number of fused-ring (bicyclic) bond motifs is 1. The van der Waals surface area contributed by atoms with Gasteiger partial charge in [0, 0.05) is 11.8 Å². The van der Waals surface area contributed by atoms with E-state index in [0.717, 1.165) is 10.8 Å². The number of aliphatic hydroxyl groups excluding tert-OH is 1. The van der Waals surface area contributed by atoms with Gasteiger partial charge in [0.2, 0.25) is 0 Å². The topological polar surface area (TPSA) is 53.1 Å².